The molecule has 3 aliphatic rings. The van der Waals surface area contributed by atoms with Gasteiger partial charge in [0.1, 0.15) is 5.82 Å². The molecule has 4 heteroatoms. The third-order valence-electron chi connectivity index (χ3n) is 4.91. The van der Waals surface area contributed by atoms with E-state index in [1.807, 2.05) is 0 Å². The van der Waals surface area contributed by atoms with E-state index < -0.39 is 0 Å². The summed E-state index contributed by atoms with van der Waals surface area (Å²) in [6.45, 7) is 4.13. The van der Waals surface area contributed by atoms with Crippen LogP contribution in [0, 0.1) is 0 Å². The van der Waals surface area contributed by atoms with E-state index in [4.69, 9.17) is 9.72 Å². The van der Waals surface area contributed by atoms with Gasteiger partial charge in [-0.25, -0.2) is 4.98 Å². The van der Waals surface area contributed by atoms with Crippen LogP contribution in [0.3, 0.4) is 0 Å². The predicted molar refractivity (Wildman–Crippen MR) is 77.8 cm³/mol. The van der Waals surface area contributed by atoms with Gasteiger partial charge in [-0.2, -0.15) is 0 Å². The van der Waals surface area contributed by atoms with Gasteiger partial charge in [0.25, 0.3) is 0 Å². The lowest BCUT2D eigenvalue weighted by Gasteiger charge is -2.24. The Morgan fingerprint density at radius 3 is 3.00 bits per heavy atom. The Morgan fingerprint density at radius 2 is 2.20 bits per heavy atom. The van der Waals surface area contributed by atoms with Crippen molar-refractivity contribution in [3.05, 3.63) is 17.2 Å². The van der Waals surface area contributed by atoms with Crippen LogP contribution in [0.15, 0.2) is 0 Å². The highest BCUT2D eigenvalue weighted by Gasteiger charge is 2.31. The number of aromatic nitrogens is 2. The fraction of sp³-hybridized carbons (Fsp3) is 0.812. The van der Waals surface area contributed by atoms with Crippen molar-refractivity contribution in [3.8, 4) is 0 Å². The smallest absolute Gasteiger partial charge is 0.112 e. The fourth-order valence-electron chi connectivity index (χ4n) is 3.60. The first-order chi connectivity index (χ1) is 9.92. The van der Waals surface area contributed by atoms with Gasteiger partial charge in [-0.3, -0.25) is 0 Å². The fourth-order valence-corrected chi connectivity index (χ4v) is 3.60. The van der Waals surface area contributed by atoms with E-state index in [0.29, 0.717) is 6.10 Å². The van der Waals surface area contributed by atoms with E-state index in [0.717, 1.165) is 45.0 Å². The minimum absolute atomic E-state index is 0.482. The summed E-state index contributed by atoms with van der Waals surface area (Å²) in [6, 6.07) is 0. The van der Waals surface area contributed by atoms with Crippen LogP contribution >= 0.6 is 0 Å². The molecule has 1 aromatic heterocycles. The number of hydrogen-bond acceptors (Lipinski definition) is 3. The molecular weight excluding hydrogens is 250 g/mol. The van der Waals surface area contributed by atoms with Crippen LogP contribution in [0.5, 0.6) is 0 Å². The van der Waals surface area contributed by atoms with Gasteiger partial charge in [0.2, 0.25) is 0 Å². The average Bonchev–Trinajstić information content (AvgIpc) is 3.28. The normalized spacial score (nSPS) is 26.5. The molecule has 0 bridgehead atoms. The molecule has 4 rings (SSSR count). The molecule has 110 valence electrons. The van der Waals surface area contributed by atoms with Crippen LogP contribution in [-0.4, -0.2) is 28.8 Å². The van der Waals surface area contributed by atoms with Crippen molar-refractivity contribution in [3.63, 3.8) is 0 Å². The number of nitrogens with one attached hydrogen (secondary N) is 1. The molecule has 0 aromatic carbocycles. The van der Waals surface area contributed by atoms with Gasteiger partial charge in [0.15, 0.2) is 0 Å². The highest BCUT2D eigenvalue weighted by Crippen LogP contribution is 2.40. The molecule has 4 nitrogen and oxygen atoms in total. The zero-order chi connectivity index (χ0) is 13.4. The third-order valence-corrected chi connectivity index (χ3v) is 4.91. The van der Waals surface area contributed by atoms with Gasteiger partial charge < -0.3 is 14.6 Å². The second kappa shape index (κ2) is 5.49. The Hall–Kier alpha value is -0.870. The summed E-state index contributed by atoms with van der Waals surface area (Å²) >= 11 is 0. The van der Waals surface area contributed by atoms with Crippen LogP contribution in [0.25, 0.3) is 0 Å². The molecule has 0 radical (unpaired) electrons. The molecule has 20 heavy (non-hydrogen) atoms. The van der Waals surface area contributed by atoms with Crippen molar-refractivity contribution < 1.29 is 4.74 Å². The van der Waals surface area contributed by atoms with Crippen molar-refractivity contribution in [1.29, 1.82) is 0 Å². The highest BCUT2D eigenvalue weighted by atomic mass is 16.5. The van der Waals surface area contributed by atoms with Gasteiger partial charge >= 0.3 is 0 Å². The molecule has 2 aliphatic heterocycles. The Balaban J connectivity index is 1.51. The monoisotopic (exact) mass is 275 g/mol. The molecule has 1 unspecified atom stereocenters. The van der Waals surface area contributed by atoms with Crippen molar-refractivity contribution in [2.24, 2.45) is 0 Å². The SMILES string of the molecule is C1CCC(CCn2c(C3CC3)nc3c2CCNC3)OC1. The minimum atomic E-state index is 0.482. The Kier molecular flexibility index (Phi) is 3.52. The molecule has 0 amide bonds. The van der Waals surface area contributed by atoms with Crippen molar-refractivity contribution >= 4 is 0 Å². The van der Waals surface area contributed by atoms with Gasteiger partial charge in [-0.1, -0.05) is 0 Å². The first kappa shape index (κ1) is 12.8. The highest BCUT2D eigenvalue weighted by molar-refractivity contribution is 5.24. The second-order valence-electron chi connectivity index (χ2n) is 6.49. The third kappa shape index (κ3) is 2.51. The number of nitrogens with zero attached hydrogens (tertiary/aromatic N) is 2. The number of imidazole rings is 1. The van der Waals surface area contributed by atoms with Gasteiger partial charge in [-0.05, 0) is 38.5 Å². The van der Waals surface area contributed by atoms with Gasteiger partial charge in [0.05, 0.1) is 11.8 Å². The van der Waals surface area contributed by atoms with Crippen LogP contribution in [0.2, 0.25) is 0 Å². The number of ether oxygens (including phenoxy) is 1. The molecule has 2 fully saturated rings. The predicted octanol–water partition coefficient (Wildman–Crippen LogP) is 2.37. The van der Waals surface area contributed by atoms with E-state index in [1.54, 1.807) is 0 Å². The lowest BCUT2D eigenvalue weighted by molar-refractivity contribution is 0.00858. The Labute approximate surface area is 120 Å². The lowest BCUT2D eigenvalue weighted by Crippen LogP contribution is -2.26. The van der Waals surface area contributed by atoms with Crippen LogP contribution < -0.4 is 5.32 Å². The summed E-state index contributed by atoms with van der Waals surface area (Å²) in [7, 11) is 0. The standard InChI is InChI=1S/C16H25N3O/c1-2-10-20-13(3-1)7-9-19-15-6-8-17-11-14(15)18-16(19)12-4-5-12/h12-13,17H,1-11H2. The molecule has 1 N–H and O–H groups in total. The van der Waals surface area contributed by atoms with E-state index >= 15 is 0 Å². The zero-order valence-electron chi connectivity index (χ0n) is 12.2. The van der Waals surface area contributed by atoms with Crippen molar-refractivity contribution in [2.75, 3.05) is 13.2 Å². The summed E-state index contributed by atoms with van der Waals surface area (Å²) in [5.41, 5.74) is 2.81. The van der Waals surface area contributed by atoms with Crippen LogP contribution in [0.1, 0.15) is 61.7 Å². The largest absolute Gasteiger partial charge is 0.378 e. The number of fused-ring (bicyclic) bond motifs is 1. The lowest BCUT2D eigenvalue weighted by atomic mass is 10.1. The number of rotatable bonds is 4. The maximum atomic E-state index is 5.89. The first-order valence-electron chi connectivity index (χ1n) is 8.32. The molecule has 1 aliphatic carbocycles. The van der Waals surface area contributed by atoms with E-state index in [9.17, 15) is 0 Å². The second-order valence-corrected chi connectivity index (χ2v) is 6.49. The van der Waals surface area contributed by atoms with Crippen molar-refractivity contribution in [2.45, 2.75) is 70.1 Å². The average molecular weight is 275 g/mol. The minimum Gasteiger partial charge on any atom is -0.378 e. The molecule has 0 spiro atoms. The van der Waals surface area contributed by atoms with E-state index in [-0.39, 0.29) is 0 Å². The maximum Gasteiger partial charge on any atom is 0.112 e. The summed E-state index contributed by atoms with van der Waals surface area (Å²) < 4.78 is 8.44. The Morgan fingerprint density at radius 1 is 1.25 bits per heavy atom. The topological polar surface area (TPSA) is 39.1 Å². The summed E-state index contributed by atoms with van der Waals surface area (Å²) in [5.74, 6) is 2.11. The van der Waals surface area contributed by atoms with Crippen molar-refractivity contribution in [1.82, 2.24) is 14.9 Å². The van der Waals surface area contributed by atoms with Gasteiger partial charge in [-0.15, -0.1) is 0 Å². The maximum absolute atomic E-state index is 5.89. The van der Waals surface area contributed by atoms with E-state index in [2.05, 4.69) is 9.88 Å². The summed E-state index contributed by atoms with van der Waals surface area (Å²) in [4.78, 5) is 4.94. The summed E-state index contributed by atoms with van der Waals surface area (Å²) in [6.07, 6.45) is 9.29. The van der Waals surface area contributed by atoms with Crippen LogP contribution in [0.4, 0.5) is 0 Å². The molecule has 1 aromatic rings. The zero-order valence-corrected chi connectivity index (χ0v) is 12.2. The molecule has 3 heterocycles. The Bertz CT molecular complexity index is 472. The van der Waals surface area contributed by atoms with Gasteiger partial charge in [0, 0.05) is 44.3 Å². The number of hydrogen-bond donors (Lipinski definition) is 1. The molecule has 1 saturated heterocycles. The van der Waals surface area contributed by atoms with Crippen LogP contribution in [-0.2, 0) is 24.2 Å². The molecule has 1 saturated carbocycles. The summed E-state index contributed by atoms with van der Waals surface area (Å²) in [5, 5.41) is 3.45. The first-order valence-corrected chi connectivity index (χ1v) is 8.32. The molecule has 1 atom stereocenters. The molecular formula is C16H25N3O. The quantitative estimate of drug-likeness (QED) is 0.917. The van der Waals surface area contributed by atoms with E-state index in [1.165, 1.54) is 49.3 Å².